The second-order valence-corrected chi connectivity index (χ2v) is 6.87. The van der Waals surface area contributed by atoms with E-state index >= 15 is 0 Å². The van der Waals surface area contributed by atoms with Crippen LogP contribution in [0.4, 0.5) is 17.3 Å². The van der Waals surface area contributed by atoms with E-state index in [1.165, 1.54) is 0 Å². The predicted octanol–water partition coefficient (Wildman–Crippen LogP) is 3.44. The van der Waals surface area contributed by atoms with Crippen molar-refractivity contribution in [3.8, 4) is 11.3 Å². The van der Waals surface area contributed by atoms with Crippen LogP contribution < -0.4 is 10.6 Å². The second-order valence-electron chi connectivity index (χ2n) is 6.87. The standard InChI is InChI=1S/C22H18N8O/c31-20(10-15-4-2-1-3-5-15)29-19-7-6-17(13-24-19)28-21-22-23-8-9-30(22)18(14-25-21)16-11-26-27-12-16/h1-9,11-14H,10H2,(H,25,28)(H,26,27)(H,24,29,31). The third-order valence-electron chi connectivity index (χ3n) is 4.72. The Morgan fingerprint density at radius 2 is 1.90 bits per heavy atom. The summed E-state index contributed by atoms with van der Waals surface area (Å²) in [5.74, 6) is 0.968. The minimum Gasteiger partial charge on any atom is -0.336 e. The van der Waals surface area contributed by atoms with Crippen molar-refractivity contribution in [1.82, 2.24) is 29.5 Å². The number of H-pyrrole nitrogens is 1. The highest BCUT2D eigenvalue weighted by Crippen LogP contribution is 2.24. The number of anilines is 3. The number of amides is 1. The lowest BCUT2D eigenvalue weighted by atomic mass is 10.1. The molecule has 1 aromatic carbocycles. The maximum atomic E-state index is 12.2. The van der Waals surface area contributed by atoms with E-state index in [2.05, 4.69) is 35.8 Å². The van der Waals surface area contributed by atoms with Crippen molar-refractivity contribution >= 4 is 28.9 Å². The molecular formula is C22H18N8O. The number of pyridine rings is 1. The van der Waals surface area contributed by atoms with Crippen molar-refractivity contribution in [2.24, 2.45) is 0 Å². The Kier molecular flexibility index (Phi) is 4.82. The first-order valence-electron chi connectivity index (χ1n) is 9.64. The topological polar surface area (TPSA) is 113 Å². The van der Waals surface area contributed by atoms with Crippen LogP contribution in [0.1, 0.15) is 5.56 Å². The van der Waals surface area contributed by atoms with Gasteiger partial charge in [-0.15, -0.1) is 0 Å². The number of rotatable bonds is 6. The van der Waals surface area contributed by atoms with E-state index in [0.717, 1.165) is 22.5 Å². The van der Waals surface area contributed by atoms with Crippen LogP contribution in [0.25, 0.3) is 16.9 Å². The molecule has 152 valence electrons. The third-order valence-corrected chi connectivity index (χ3v) is 4.72. The summed E-state index contributed by atoms with van der Waals surface area (Å²) in [7, 11) is 0. The number of hydrogen-bond acceptors (Lipinski definition) is 6. The lowest BCUT2D eigenvalue weighted by Crippen LogP contribution is -2.15. The molecule has 0 saturated carbocycles. The summed E-state index contributed by atoms with van der Waals surface area (Å²) in [5, 5.41) is 12.8. The molecule has 31 heavy (non-hydrogen) atoms. The zero-order valence-corrected chi connectivity index (χ0v) is 16.4. The lowest BCUT2D eigenvalue weighted by Gasteiger charge is -2.10. The van der Waals surface area contributed by atoms with Gasteiger partial charge in [-0.1, -0.05) is 30.3 Å². The molecule has 4 aromatic heterocycles. The predicted molar refractivity (Wildman–Crippen MR) is 117 cm³/mol. The van der Waals surface area contributed by atoms with Gasteiger partial charge in [0.05, 0.1) is 36.4 Å². The van der Waals surface area contributed by atoms with Crippen molar-refractivity contribution in [3.05, 3.63) is 85.2 Å². The van der Waals surface area contributed by atoms with Gasteiger partial charge in [-0.2, -0.15) is 5.10 Å². The molecule has 9 nitrogen and oxygen atoms in total. The maximum Gasteiger partial charge on any atom is 0.229 e. The molecule has 0 spiro atoms. The summed E-state index contributed by atoms with van der Waals surface area (Å²) in [6.45, 7) is 0. The minimum absolute atomic E-state index is 0.116. The minimum atomic E-state index is -0.116. The first-order valence-corrected chi connectivity index (χ1v) is 9.64. The summed E-state index contributed by atoms with van der Waals surface area (Å²) in [6, 6.07) is 13.2. The Morgan fingerprint density at radius 3 is 2.68 bits per heavy atom. The summed E-state index contributed by atoms with van der Waals surface area (Å²) in [4.78, 5) is 25.5. The first-order chi connectivity index (χ1) is 15.3. The Morgan fingerprint density at radius 1 is 1.00 bits per heavy atom. The number of carbonyl (C=O) groups is 1. The van der Waals surface area contributed by atoms with Crippen molar-refractivity contribution in [2.45, 2.75) is 6.42 Å². The van der Waals surface area contributed by atoms with Gasteiger partial charge >= 0.3 is 0 Å². The number of imidazole rings is 1. The summed E-state index contributed by atoms with van der Waals surface area (Å²) in [6.07, 6.45) is 10.8. The summed E-state index contributed by atoms with van der Waals surface area (Å²) < 4.78 is 1.94. The van der Waals surface area contributed by atoms with Crippen LogP contribution in [-0.2, 0) is 11.2 Å². The fourth-order valence-corrected chi connectivity index (χ4v) is 3.26. The van der Waals surface area contributed by atoms with E-state index < -0.39 is 0 Å². The fraction of sp³-hybridized carbons (Fsp3) is 0.0455. The Bertz CT molecular complexity index is 1310. The van der Waals surface area contributed by atoms with Crippen molar-refractivity contribution in [3.63, 3.8) is 0 Å². The summed E-state index contributed by atoms with van der Waals surface area (Å²) >= 11 is 0. The SMILES string of the molecule is O=C(Cc1ccccc1)Nc1ccc(Nc2ncc(-c3cn[nH]c3)n3ccnc23)cn1. The highest BCUT2D eigenvalue weighted by atomic mass is 16.1. The Labute approximate surface area is 177 Å². The lowest BCUT2D eigenvalue weighted by molar-refractivity contribution is -0.115. The van der Waals surface area contributed by atoms with Gasteiger partial charge in [0.2, 0.25) is 5.91 Å². The fourth-order valence-electron chi connectivity index (χ4n) is 3.26. The van der Waals surface area contributed by atoms with Gasteiger partial charge in [-0.3, -0.25) is 14.3 Å². The number of hydrogen-bond donors (Lipinski definition) is 3. The zero-order chi connectivity index (χ0) is 21.0. The van der Waals surface area contributed by atoms with E-state index in [9.17, 15) is 4.79 Å². The molecule has 1 amide bonds. The van der Waals surface area contributed by atoms with E-state index in [-0.39, 0.29) is 5.91 Å². The van der Waals surface area contributed by atoms with Crippen LogP contribution in [0.5, 0.6) is 0 Å². The molecule has 0 radical (unpaired) electrons. The number of nitrogens with zero attached hydrogens (tertiary/aromatic N) is 5. The molecule has 0 atom stereocenters. The average Bonchev–Trinajstić information content (AvgIpc) is 3.49. The highest BCUT2D eigenvalue weighted by Gasteiger charge is 2.11. The van der Waals surface area contributed by atoms with Gasteiger partial charge in [0.15, 0.2) is 11.5 Å². The van der Waals surface area contributed by atoms with Crippen LogP contribution in [0.3, 0.4) is 0 Å². The van der Waals surface area contributed by atoms with Gasteiger partial charge in [-0.25, -0.2) is 15.0 Å². The van der Waals surface area contributed by atoms with E-state index in [1.54, 1.807) is 37.1 Å². The summed E-state index contributed by atoms with van der Waals surface area (Å²) in [5.41, 5.74) is 4.15. The van der Waals surface area contributed by atoms with Crippen LogP contribution in [0, 0.1) is 0 Å². The molecule has 3 N–H and O–H groups in total. The van der Waals surface area contributed by atoms with Crippen molar-refractivity contribution in [1.29, 1.82) is 0 Å². The largest absolute Gasteiger partial charge is 0.336 e. The molecule has 0 fully saturated rings. The van der Waals surface area contributed by atoms with E-state index in [0.29, 0.717) is 23.7 Å². The van der Waals surface area contributed by atoms with Crippen molar-refractivity contribution < 1.29 is 4.79 Å². The van der Waals surface area contributed by atoms with Gasteiger partial charge < -0.3 is 10.6 Å². The molecular weight excluding hydrogens is 392 g/mol. The average molecular weight is 410 g/mol. The zero-order valence-electron chi connectivity index (χ0n) is 16.4. The van der Waals surface area contributed by atoms with Gasteiger partial charge in [-0.05, 0) is 17.7 Å². The third kappa shape index (κ3) is 3.97. The van der Waals surface area contributed by atoms with Crippen LogP contribution in [0.2, 0.25) is 0 Å². The molecule has 0 aliphatic heterocycles. The first kappa shape index (κ1) is 18.5. The van der Waals surface area contributed by atoms with Gasteiger partial charge in [0.25, 0.3) is 0 Å². The number of benzene rings is 1. The Hall–Kier alpha value is -4.53. The molecule has 0 unspecified atom stereocenters. The number of fused-ring (bicyclic) bond motifs is 1. The van der Waals surface area contributed by atoms with Crippen LogP contribution in [-0.4, -0.2) is 35.5 Å². The molecule has 0 bridgehead atoms. The normalized spacial score (nSPS) is 10.8. The van der Waals surface area contributed by atoms with Crippen LogP contribution in [0.15, 0.2) is 79.6 Å². The number of carbonyl (C=O) groups excluding carboxylic acids is 1. The molecule has 9 heteroatoms. The molecule has 5 aromatic rings. The number of nitrogens with one attached hydrogen (secondary N) is 3. The van der Waals surface area contributed by atoms with Crippen molar-refractivity contribution in [2.75, 3.05) is 10.6 Å². The monoisotopic (exact) mass is 410 g/mol. The molecule has 5 rings (SSSR count). The highest BCUT2D eigenvalue weighted by molar-refractivity contribution is 5.91. The van der Waals surface area contributed by atoms with Gasteiger partial charge in [0, 0.05) is 24.2 Å². The maximum absolute atomic E-state index is 12.2. The van der Waals surface area contributed by atoms with Crippen LogP contribution >= 0.6 is 0 Å². The van der Waals surface area contributed by atoms with Gasteiger partial charge in [0.1, 0.15) is 5.82 Å². The quantitative estimate of drug-likeness (QED) is 0.395. The molecule has 0 aliphatic carbocycles. The molecule has 4 heterocycles. The second kappa shape index (κ2) is 8.07. The van der Waals surface area contributed by atoms with E-state index in [4.69, 9.17) is 0 Å². The van der Waals surface area contributed by atoms with E-state index in [1.807, 2.05) is 47.0 Å². The molecule has 0 aliphatic rings. The number of aromatic amines is 1. The number of aromatic nitrogens is 6. The molecule has 0 saturated heterocycles. The smallest absolute Gasteiger partial charge is 0.229 e. The Balaban J connectivity index is 1.30.